The molecule has 0 spiro atoms. The molecule has 0 saturated carbocycles. The first-order valence-corrected chi connectivity index (χ1v) is 13.7. The number of benzene rings is 4. The normalized spacial score (nSPS) is 9.41. The molecule has 200 valence electrons. The van der Waals surface area contributed by atoms with E-state index in [2.05, 4.69) is 47.4 Å². The van der Waals surface area contributed by atoms with Crippen LogP contribution < -0.4 is 9.47 Å². The van der Waals surface area contributed by atoms with E-state index in [1.165, 1.54) is 0 Å². The first-order chi connectivity index (χ1) is 20.3. The smallest absolute Gasteiger partial charge is 0.134 e. The largest absolute Gasteiger partial charge is 0.495 e. The van der Waals surface area contributed by atoms with Gasteiger partial charge in [-0.25, -0.2) is 0 Å². The number of rotatable bonds is 6. The van der Waals surface area contributed by atoms with Crippen LogP contribution in [0.25, 0.3) is 0 Å². The summed E-state index contributed by atoms with van der Waals surface area (Å²) < 4.78 is 10.8. The van der Waals surface area contributed by atoms with Crippen molar-refractivity contribution in [1.82, 2.24) is 0 Å². The standard InChI is InChI=1S/C39H32O2/c1-40-38-26-16-14-24-36(38)30-28-34-22-12-10-20-32(34)18-8-6-4-3-5-7-9-19-33-21-11-13-23-35(33)29-31-37-25-15-17-27-39(37)41-2/h10-17,20-27H,3-7H2,1-2H3. The zero-order chi connectivity index (χ0) is 28.5. The second kappa shape index (κ2) is 16.0. The Kier molecular flexibility index (Phi) is 11.2. The van der Waals surface area contributed by atoms with Crippen LogP contribution in [0.4, 0.5) is 0 Å². The molecule has 0 atom stereocenters. The van der Waals surface area contributed by atoms with Gasteiger partial charge in [0.1, 0.15) is 11.5 Å². The van der Waals surface area contributed by atoms with Crippen LogP contribution in [0.1, 0.15) is 65.5 Å². The van der Waals surface area contributed by atoms with Crippen LogP contribution in [-0.4, -0.2) is 14.2 Å². The molecule has 4 aromatic rings. The van der Waals surface area contributed by atoms with Gasteiger partial charge in [-0.05, 0) is 61.4 Å². The fraction of sp³-hybridized carbons (Fsp3) is 0.179. The molecule has 0 amide bonds. The fourth-order valence-electron chi connectivity index (χ4n) is 4.09. The number of ether oxygens (including phenoxy) is 2. The van der Waals surface area contributed by atoms with Crippen LogP contribution in [0.3, 0.4) is 0 Å². The minimum atomic E-state index is 0.773. The summed E-state index contributed by atoms with van der Waals surface area (Å²) in [4.78, 5) is 0. The summed E-state index contributed by atoms with van der Waals surface area (Å²) in [6, 6.07) is 31.6. The van der Waals surface area contributed by atoms with Crippen molar-refractivity contribution in [3.05, 3.63) is 130 Å². The van der Waals surface area contributed by atoms with Gasteiger partial charge < -0.3 is 9.47 Å². The van der Waals surface area contributed by atoms with Crippen LogP contribution in [-0.2, 0) is 0 Å². The zero-order valence-electron chi connectivity index (χ0n) is 23.6. The van der Waals surface area contributed by atoms with Crippen LogP contribution in [0.15, 0.2) is 97.1 Å². The van der Waals surface area contributed by atoms with Gasteiger partial charge in [-0.2, -0.15) is 0 Å². The maximum absolute atomic E-state index is 5.40. The molecular weight excluding hydrogens is 500 g/mol. The van der Waals surface area contributed by atoms with E-state index >= 15 is 0 Å². The van der Waals surface area contributed by atoms with Gasteiger partial charge in [-0.15, -0.1) is 0 Å². The number of unbranched alkanes of at least 4 members (excludes halogenated alkanes) is 4. The Bertz CT molecular complexity index is 1590. The van der Waals surface area contributed by atoms with E-state index in [0.29, 0.717) is 0 Å². The quantitative estimate of drug-likeness (QED) is 0.186. The molecule has 0 bridgehead atoms. The maximum atomic E-state index is 5.40. The van der Waals surface area contributed by atoms with E-state index in [1.807, 2.05) is 97.1 Å². The molecule has 0 aliphatic heterocycles. The average molecular weight is 533 g/mol. The maximum Gasteiger partial charge on any atom is 0.134 e. The SMILES string of the molecule is COc1ccccc1C#Cc1ccccc1C#CCCCCCC#Cc1ccccc1C#Cc1ccccc1OC. The highest BCUT2D eigenvalue weighted by Gasteiger charge is 2.00. The fourth-order valence-corrected chi connectivity index (χ4v) is 4.09. The van der Waals surface area contributed by atoms with Crippen LogP contribution >= 0.6 is 0 Å². The molecule has 0 aromatic heterocycles. The van der Waals surface area contributed by atoms with Crippen molar-refractivity contribution < 1.29 is 9.47 Å². The summed E-state index contributed by atoms with van der Waals surface area (Å²) >= 11 is 0. The van der Waals surface area contributed by atoms with Gasteiger partial charge in [0.2, 0.25) is 0 Å². The van der Waals surface area contributed by atoms with Gasteiger partial charge >= 0.3 is 0 Å². The average Bonchev–Trinajstić information content (AvgIpc) is 3.03. The summed E-state index contributed by atoms with van der Waals surface area (Å²) in [5.41, 5.74) is 5.49. The molecule has 0 fully saturated rings. The Morgan fingerprint density at radius 3 is 1.10 bits per heavy atom. The lowest BCUT2D eigenvalue weighted by Crippen LogP contribution is -1.87. The molecule has 41 heavy (non-hydrogen) atoms. The predicted molar refractivity (Wildman–Crippen MR) is 168 cm³/mol. The van der Waals surface area contributed by atoms with Gasteiger partial charge in [0.05, 0.1) is 25.3 Å². The third kappa shape index (κ3) is 8.87. The first kappa shape index (κ1) is 28.7. The summed E-state index contributed by atoms with van der Waals surface area (Å²) in [5, 5.41) is 0. The van der Waals surface area contributed by atoms with Crippen molar-refractivity contribution in [2.24, 2.45) is 0 Å². The number of methoxy groups -OCH3 is 2. The molecule has 0 aliphatic rings. The highest BCUT2D eigenvalue weighted by atomic mass is 16.5. The van der Waals surface area contributed by atoms with Crippen molar-refractivity contribution in [2.75, 3.05) is 14.2 Å². The van der Waals surface area contributed by atoms with E-state index in [-0.39, 0.29) is 0 Å². The number of hydrogen-bond donors (Lipinski definition) is 0. The molecule has 0 heterocycles. The lowest BCUT2D eigenvalue weighted by Gasteiger charge is -2.01. The van der Waals surface area contributed by atoms with Crippen molar-refractivity contribution >= 4 is 0 Å². The first-order valence-electron chi connectivity index (χ1n) is 13.7. The minimum Gasteiger partial charge on any atom is -0.495 e. The molecular formula is C39H32O2. The molecule has 2 heteroatoms. The van der Waals surface area contributed by atoms with E-state index in [0.717, 1.165) is 77.0 Å². The van der Waals surface area contributed by atoms with E-state index in [9.17, 15) is 0 Å². The number of para-hydroxylation sites is 2. The van der Waals surface area contributed by atoms with Crippen molar-refractivity contribution in [3.8, 4) is 58.9 Å². The molecule has 2 nitrogen and oxygen atoms in total. The highest BCUT2D eigenvalue weighted by molar-refractivity contribution is 5.56. The van der Waals surface area contributed by atoms with Gasteiger partial charge in [-0.3, -0.25) is 0 Å². The van der Waals surface area contributed by atoms with Crippen molar-refractivity contribution in [1.29, 1.82) is 0 Å². The summed E-state index contributed by atoms with van der Waals surface area (Å²) in [6.07, 6.45) is 4.88. The Morgan fingerprint density at radius 1 is 0.390 bits per heavy atom. The molecule has 4 aromatic carbocycles. The predicted octanol–water partition coefficient (Wildman–Crippen LogP) is 7.86. The summed E-state index contributed by atoms with van der Waals surface area (Å²) in [7, 11) is 3.32. The summed E-state index contributed by atoms with van der Waals surface area (Å²) in [6.45, 7) is 0. The van der Waals surface area contributed by atoms with E-state index < -0.39 is 0 Å². The lowest BCUT2D eigenvalue weighted by atomic mass is 10.1. The second-order valence-electron chi connectivity index (χ2n) is 9.16. The van der Waals surface area contributed by atoms with Crippen LogP contribution in [0.5, 0.6) is 11.5 Å². The van der Waals surface area contributed by atoms with E-state index in [1.54, 1.807) is 14.2 Å². The summed E-state index contributed by atoms with van der Waals surface area (Å²) in [5.74, 6) is 27.7. The van der Waals surface area contributed by atoms with Crippen molar-refractivity contribution in [2.45, 2.75) is 32.1 Å². The molecule has 0 aliphatic carbocycles. The van der Waals surface area contributed by atoms with Crippen molar-refractivity contribution in [3.63, 3.8) is 0 Å². The van der Waals surface area contributed by atoms with Gasteiger partial charge in [-0.1, -0.05) is 102 Å². The molecule has 0 radical (unpaired) electrons. The van der Waals surface area contributed by atoms with E-state index in [4.69, 9.17) is 9.47 Å². The molecule has 0 saturated heterocycles. The highest BCUT2D eigenvalue weighted by Crippen LogP contribution is 2.17. The topological polar surface area (TPSA) is 18.5 Å². The molecule has 0 N–H and O–H groups in total. The Balaban J connectivity index is 1.27. The van der Waals surface area contributed by atoms with Gasteiger partial charge in [0.15, 0.2) is 0 Å². The lowest BCUT2D eigenvalue weighted by molar-refractivity contribution is 0.413. The molecule has 0 unspecified atom stereocenters. The van der Waals surface area contributed by atoms with Crippen LogP contribution in [0.2, 0.25) is 0 Å². The Hall–Kier alpha value is -5.28. The Labute approximate surface area is 244 Å². The Morgan fingerprint density at radius 2 is 0.707 bits per heavy atom. The second-order valence-corrected chi connectivity index (χ2v) is 9.16. The minimum absolute atomic E-state index is 0.773. The molecule has 4 rings (SSSR count). The van der Waals surface area contributed by atoms with Gasteiger partial charge in [0, 0.05) is 35.1 Å². The monoisotopic (exact) mass is 532 g/mol. The number of hydrogen-bond acceptors (Lipinski definition) is 2. The van der Waals surface area contributed by atoms with Gasteiger partial charge in [0.25, 0.3) is 0 Å². The zero-order valence-corrected chi connectivity index (χ0v) is 23.6. The third-order valence-corrected chi connectivity index (χ3v) is 6.28. The third-order valence-electron chi connectivity index (χ3n) is 6.28. The van der Waals surface area contributed by atoms with Crippen LogP contribution in [0, 0.1) is 47.4 Å².